The van der Waals surface area contributed by atoms with Crippen LogP contribution in [0.2, 0.25) is 0 Å². The summed E-state index contributed by atoms with van der Waals surface area (Å²) >= 11 is -2.61. The van der Waals surface area contributed by atoms with E-state index in [0.29, 0.717) is 0 Å². The average Bonchev–Trinajstić information content (AvgIpc) is 1.25. The van der Waals surface area contributed by atoms with E-state index in [9.17, 15) is 0 Å². The van der Waals surface area contributed by atoms with Crippen molar-refractivity contribution >= 4 is 17.5 Å². The van der Waals surface area contributed by atoms with Crippen molar-refractivity contribution in [1.82, 2.24) is 0 Å². The van der Waals surface area contributed by atoms with E-state index in [1.54, 1.807) is 0 Å². The summed E-state index contributed by atoms with van der Waals surface area (Å²) in [5, 5.41) is 13.9. The summed E-state index contributed by atoms with van der Waals surface area (Å²) < 4.78 is 22.8. The first-order valence-corrected chi connectivity index (χ1v) is 2.25. The molecule has 0 aromatic heterocycles. The van der Waals surface area contributed by atoms with Crippen molar-refractivity contribution < 1.29 is 90.3 Å². The fourth-order valence-corrected chi connectivity index (χ4v) is 0. The molecule has 10 heavy (non-hydrogen) atoms. The van der Waals surface area contributed by atoms with Crippen LogP contribution in [0.15, 0.2) is 0 Å². The SMILES string of the molecule is O=C(O)O.O=S(O)O.[H-].[H-].[Na+].[Na+]. The molecule has 0 rings (SSSR count). The van der Waals surface area contributed by atoms with Gasteiger partial charge < -0.3 is 13.1 Å². The van der Waals surface area contributed by atoms with Crippen LogP contribution in [0.25, 0.3) is 0 Å². The molecule has 0 aliphatic carbocycles. The predicted octanol–water partition coefficient (Wildman–Crippen LogP) is -5.86. The minimum atomic E-state index is -2.61. The summed E-state index contributed by atoms with van der Waals surface area (Å²) in [6.07, 6.45) is -1.83. The van der Waals surface area contributed by atoms with Crippen molar-refractivity contribution in [3.05, 3.63) is 0 Å². The molecule has 0 atom stereocenters. The normalized spacial score (nSPS) is 5.90. The van der Waals surface area contributed by atoms with Gasteiger partial charge in [-0.2, -0.15) is 4.21 Å². The Kier molecular flexibility index (Phi) is 37.7. The Balaban J connectivity index is -0.0000000112. The van der Waals surface area contributed by atoms with Gasteiger partial charge in [-0.1, -0.05) is 0 Å². The summed E-state index contributed by atoms with van der Waals surface area (Å²) in [6.45, 7) is 0. The van der Waals surface area contributed by atoms with Gasteiger partial charge in [-0.3, -0.25) is 9.11 Å². The van der Waals surface area contributed by atoms with Crippen molar-refractivity contribution in [1.29, 1.82) is 0 Å². The van der Waals surface area contributed by atoms with Gasteiger partial charge in [-0.15, -0.1) is 0 Å². The zero-order valence-electron chi connectivity index (χ0n) is 7.51. The molecule has 0 radical (unpaired) electrons. The van der Waals surface area contributed by atoms with Gasteiger partial charge >= 0.3 is 65.3 Å². The quantitative estimate of drug-likeness (QED) is 0.224. The van der Waals surface area contributed by atoms with Crippen LogP contribution in [0.4, 0.5) is 4.79 Å². The molecule has 0 heterocycles. The first-order chi connectivity index (χ1) is 3.46. The maximum atomic E-state index is 8.67. The van der Waals surface area contributed by atoms with Crippen molar-refractivity contribution in [3.63, 3.8) is 0 Å². The maximum Gasteiger partial charge on any atom is 1.00 e. The van der Waals surface area contributed by atoms with E-state index in [-0.39, 0.29) is 62.0 Å². The van der Waals surface area contributed by atoms with Gasteiger partial charge in [-0.05, 0) is 0 Å². The molecule has 0 aromatic carbocycles. The fraction of sp³-hybridized carbons (Fsp3) is 0. The van der Waals surface area contributed by atoms with E-state index in [4.69, 9.17) is 28.3 Å². The smallest absolute Gasteiger partial charge is 1.00 e. The first kappa shape index (κ1) is 22.5. The Morgan fingerprint density at radius 1 is 1.20 bits per heavy atom. The Morgan fingerprint density at radius 2 is 1.20 bits per heavy atom. The van der Waals surface area contributed by atoms with Crippen LogP contribution >= 0.6 is 0 Å². The Bertz CT molecular complexity index is 81.5. The molecule has 0 amide bonds. The number of carbonyl (C=O) groups is 1. The number of rotatable bonds is 0. The van der Waals surface area contributed by atoms with Gasteiger partial charge in [0.25, 0.3) is 11.4 Å². The maximum absolute atomic E-state index is 8.67. The van der Waals surface area contributed by atoms with Crippen molar-refractivity contribution in [2.75, 3.05) is 0 Å². The largest absolute Gasteiger partial charge is 1.00 e. The Morgan fingerprint density at radius 3 is 1.20 bits per heavy atom. The number of hydrogen-bond donors (Lipinski definition) is 4. The molecule has 0 fully saturated rings. The second-order valence-corrected chi connectivity index (χ2v) is 0.975. The molecule has 0 unspecified atom stereocenters. The zero-order valence-corrected chi connectivity index (χ0v) is 10.3. The van der Waals surface area contributed by atoms with Crippen LogP contribution in [-0.2, 0) is 11.4 Å². The summed E-state index contributed by atoms with van der Waals surface area (Å²) in [5.41, 5.74) is 0. The molecule has 4 N–H and O–H groups in total. The Labute approximate surface area is 107 Å². The fourth-order valence-electron chi connectivity index (χ4n) is 0. The second kappa shape index (κ2) is 16.7. The molecule has 6 nitrogen and oxygen atoms in total. The third-order valence-electron chi connectivity index (χ3n) is 0. The third-order valence-corrected chi connectivity index (χ3v) is 0. The zero-order chi connectivity index (χ0) is 7.15. The van der Waals surface area contributed by atoms with Gasteiger partial charge in [0.2, 0.25) is 0 Å². The van der Waals surface area contributed by atoms with Crippen LogP contribution in [0.3, 0.4) is 0 Å². The van der Waals surface area contributed by atoms with Crippen LogP contribution in [0, 0.1) is 0 Å². The minimum absolute atomic E-state index is 0. The van der Waals surface area contributed by atoms with E-state index >= 15 is 0 Å². The van der Waals surface area contributed by atoms with Gasteiger partial charge in [0.15, 0.2) is 0 Å². The monoisotopic (exact) mass is 192 g/mol. The molecule has 0 saturated heterocycles. The van der Waals surface area contributed by atoms with E-state index in [0.717, 1.165) is 0 Å². The average molecular weight is 192 g/mol. The molecule has 9 heteroatoms. The van der Waals surface area contributed by atoms with Crippen LogP contribution < -0.4 is 59.1 Å². The molecule has 54 valence electrons. The molecule has 0 aromatic rings. The van der Waals surface area contributed by atoms with E-state index in [2.05, 4.69) is 0 Å². The summed E-state index contributed by atoms with van der Waals surface area (Å²) in [6, 6.07) is 0. The van der Waals surface area contributed by atoms with Crippen LogP contribution in [0.1, 0.15) is 2.85 Å². The van der Waals surface area contributed by atoms with Crippen LogP contribution in [-0.4, -0.2) is 29.7 Å². The van der Waals surface area contributed by atoms with E-state index in [1.807, 2.05) is 0 Å². The van der Waals surface area contributed by atoms with E-state index in [1.165, 1.54) is 0 Å². The molecule has 0 bridgehead atoms. The standard InChI is InChI=1S/CH2O3.2Na.H2O3S.2H/c2-1(3)4;;;1-4(2)3;;/h(H2,2,3,4);;;(H2,1,2,3);;/q;2*+1;;2*-1. The molecular weight excluding hydrogens is 186 g/mol. The van der Waals surface area contributed by atoms with Gasteiger partial charge in [0, 0.05) is 0 Å². The topological polar surface area (TPSA) is 115 Å². The summed E-state index contributed by atoms with van der Waals surface area (Å²) in [7, 11) is 0. The number of carboxylic acid groups (broad SMARTS) is 2. The summed E-state index contributed by atoms with van der Waals surface area (Å²) in [4.78, 5) is 8.56. The summed E-state index contributed by atoms with van der Waals surface area (Å²) in [5.74, 6) is 0. The molecule has 0 spiro atoms. The van der Waals surface area contributed by atoms with E-state index < -0.39 is 17.5 Å². The molecular formula is CH6Na2O6S. The van der Waals surface area contributed by atoms with Gasteiger partial charge in [0.1, 0.15) is 0 Å². The van der Waals surface area contributed by atoms with Crippen LogP contribution in [0.5, 0.6) is 0 Å². The van der Waals surface area contributed by atoms with Crippen molar-refractivity contribution in [2.45, 2.75) is 0 Å². The predicted molar refractivity (Wildman–Crippen MR) is 26.3 cm³/mol. The second-order valence-electron chi connectivity index (χ2n) is 0.513. The van der Waals surface area contributed by atoms with Gasteiger partial charge in [-0.25, -0.2) is 4.79 Å². The Hall–Kier alpha value is 1.34. The molecule has 0 aliphatic heterocycles. The molecule has 0 saturated carbocycles. The first-order valence-electron chi connectivity index (χ1n) is 1.18. The van der Waals surface area contributed by atoms with Gasteiger partial charge in [0.05, 0.1) is 0 Å². The van der Waals surface area contributed by atoms with Crippen molar-refractivity contribution in [3.8, 4) is 0 Å². The molecule has 0 aliphatic rings. The van der Waals surface area contributed by atoms with Crippen molar-refractivity contribution in [2.24, 2.45) is 0 Å². The third kappa shape index (κ3) is 362. The number of hydrogen-bond acceptors (Lipinski definition) is 2. The minimum Gasteiger partial charge on any atom is -1.00 e.